The van der Waals surface area contributed by atoms with Gasteiger partial charge in [-0.2, -0.15) is 0 Å². The van der Waals surface area contributed by atoms with Crippen molar-refractivity contribution in [1.29, 1.82) is 0 Å². The van der Waals surface area contributed by atoms with E-state index in [9.17, 15) is 19.4 Å². The van der Waals surface area contributed by atoms with E-state index in [0.29, 0.717) is 23.9 Å². The molecule has 3 unspecified atom stereocenters. The van der Waals surface area contributed by atoms with Crippen LogP contribution in [0.4, 0.5) is 0 Å². The summed E-state index contributed by atoms with van der Waals surface area (Å²) >= 11 is 0. The highest BCUT2D eigenvalue weighted by molar-refractivity contribution is 7.47. The zero-order valence-electron chi connectivity index (χ0n) is 49.8. The fourth-order valence-electron chi connectivity index (χ4n) is 9.63. The summed E-state index contributed by atoms with van der Waals surface area (Å²) in [6.45, 7) is 4.79. The van der Waals surface area contributed by atoms with E-state index in [1.54, 1.807) is 0 Å². The van der Waals surface area contributed by atoms with Crippen LogP contribution in [0.5, 0.6) is 0 Å². The third-order valence-electron chi connectivity index (χ3n) is 14.6. The number of nitrogens with one attached hydrogen (secondary N) is 1. The Kier molecular flexibility index (Phi) is 55.0. The van der Waals surface area contributed by atoms with Gasteiger partial charge in [0.15, 0.2) is 0 Å². The maximum Gasteiger partial charge on any atom is 0.472 e. The average Bonchev–Trinajstić information content (AvgIpc) is 3.36. The highest BCUT2D eigenvalue weighted by atomic mass is 31.2. The van der Waals surface area contributed by atoms with Crippen LogP contribution in [0.25, 0.3) is 0 Å². The topological polar surface area (TPSA) is 105 Å². The minimum Gasteiger partial charge on any atom is -0.391 e. The number of hydrogen-bond donors (Lipinski definition) is 3. The molecule has 3 atom stereocenters. The summed E-state index contributed by atoms with van der Waals surface area (Å²) in [7, 11) is 1.63. The van der Waals surface area contributed by atoms with Gasteiger partial charge in [0.25, 0.3) is 0 Å². The predicted octanol–water partition coefficient (Wildman–Crippen LogP) is 19.9. The van der Waals surface area contributed by atoms with E-state index in [-0.39, 0.29) is 19.1 Å². The lowest BCUT2D eigenvalue weighted by molar-refractivity contribution is -0.870. The van der Waals surface area contributed by atoms with E-state index < -0.39 is 20.0 Å². The molecule has 0 aliphatic carbocycles. The lowest BCUT2D eigenvalue weighted by Crippen LogP contribution is -2.46. The zero-order valence-corrected chi connectivity index (χ0v) is 50.7. The molecule has 0 spiro atoms. The fourth-order valence-corrected chi connectivity index (χ4v) is 10.4. The quantitative estimate of drug-likeness (QED) is 0.0243. The van der Waals surface area contributed by atoms with E-state index in [4.69, 9.17) is 9.05 Å². The molecule has 0 bridgehead atoms. The Balaban J connectivity index is 3.78. The van der Waals surface area contributed by atoms with Crippen molar-refractivity contribution < 1.29 is 32.9 Å². The second-order valence-electron chi connectivity index (χ2n) is 23.1. The molecule has 9 heteroatoms. The molecule has 8 nitrogen and oxygen atoms in total. The number of allylic oxidation sites excluding steroid dienone is 8. The SMILES string of the molecule is CC/C=C\C/C=C\C/C=C\C/C=C\CCCCCCCCCCCCCCCCCCCCCCCCCCCCCCC(=O)NC(COP(=O)(O)OCC[N+](C)(C)C)C(O)CCCCCCCCCCCCC. The van der Waals surface area contributed by atoms with Gasteiger partial charge in [-0.25, -0.2) is 4.57 Å². The number of nitrogens with zero attached hydrogens (tertiary/aromatic N) is 1. The molecule has 0 saturated carbocycles. The first-order valence-electron chi connectivity index (χ1n) is 32.0. The second kappa shape index (κ2) is 56.2. The van der Waals surface area contributed by atoms with Crippen LogP contribution in [-0.4, -0.2) is 73.4 Å². The summed E-state index contributed by atoms with van der Waals surface area (Å²) in [6, 6.07) is -0.757. The van der Waals surface area contributed by atoms with Crippen LogP contribution in [-0.2, 0) is 18.4 Å². The molecule has 0 radical (unpaired) electrons. The summed E-state index contributed by atoms with van der Waals surface area (Å²) < 4.78 is 23.7. The fraction of sp³-hybridized carbons (Fsp3) is 0.862. The standard InChI is InChI=1S/C65H125N2O6P/c1-6-8-10-12-14-16-18-19-20-21-22-23-24-25-26-27-28-29-30-31-32-33-34-35-36-37-38-39-40-41-42-43-44-45-46-47-49-51-53-55-57-59-65(69)66-63(62-73-74(70,71)72-61-60-67(3,4)5)64(68)58-56-54-52-50-48-17-15-13-11-9-7-2/h8,10,14,16,19-20,22-23,63-64,68H,6-7,9,11-13,15,17-18,21,24-62H2,1-5H3,(H-,66,69,70,71)/p+1/b10-8-,16-14-,20-19-,23-22-. The van der Waals surface area contributed by atoms with Crippen LogP contribution < -0.4 is 5.32 Å². The number of phosphoric ester groups is 1. The molecule has 0 aliphatic heterocycles. The van der Waals surface area contributed by atoms with Crippen LogP contribution in [0.2, 0.25) is 0 Å². The number of carbonyl (C=O) groups is 1. The van der Waals surface area contributed by atoms with E-state index in [0.717, 1.165) is 64.2 Å². The van der Waals surface area contributed by atoms with Crippen molar-refractivity contribution in [3.63, 3.8) is 0 Å². The van der Waals surface area contributed by atoms with Gasteiger partial charge in [-0.15, -0.1) is 0 Å². The molecule has 0 heterocycles. The molecule has 0 rings (SSSR count). The highest BCUT2D eigenvalue weighted by Crippen LogP contribution is 2.43. The van der Waals surface area contributed by atoms with Gasteiger partial charge in [-0.05, 0) is 51.4 Å². The molecule has 3 N–H and O–H groups in total. The molecule has 0 aliphatic rings. The van der Waals surface area contributed by atoms with Crippen molar-refractivity contribution in [2.24, 2.45) is 0 Å². The second-order valence-corrected chi connectivity index (χ2v) is 24.6. The summed E-state index contributed by atoms with van der Waals surface area (Å²) in [4.78, 5) is 23.3. The third kappa shape index (κ3) is 58.1. The predicted molar refractivity (Wildman–Crippen MR) is 323 cm³/mol. The van der Waals surface area contributed by atoms with Gasteiger partial charge in [0, 0.05) is 6.42 Å². The van der Waals surface area contributed by atoms with Gasteiger partial charge >= 0.3 is 7.82 Å². The summed E-state index contributed by atoms with van der Waals surface area (Å²) in [5.74, 6) is -0.140. The lowest BCUT2D eigenvalue weighted by Gasteiger charge is -2.26. The Morgan fingerprint density at radius 3 is 1.19 bits per heavy atom. The van der Waals surface area contributed by atoms with Crippen molar-refractivity contribution >= 4 is 13.7 Å². The Hall–Kier alpha value is -1.54. The first-order chi connectivity index (χ1) is 36.0. The van der Waals surface area contributed by atoms with Gasteiger partial charge in [0.05, 0.1) is 39.9 Å². The average molecular weight is 1060 g/mol. The van der Waals surface area contributed by atoms with Crippen molar-refractivity contribution in [2.45, 2.75) is 321 Å². The number of likely N-dealkylation sites (N-methyl/N-ethyl adjacent to an activating group) is 1. The van der Waals surface area contributed by atoms with Crippen LogP contribution in [0.15, 0.2) is 48.6 Å². The number of carbonyl (C=O) groups excluding carboxylic acids is 1. The monoisotopic (exact) mass is 1060 g/mol. The first kappa shape index (κ1) is 72.5. The third-order valence-corrected chi connectivity index (χ3v) is 15.6. The Morgan fingerprint density at radius 1 is 0.473 bits per heavy atom. The molecule has 436 valence electrons. The Morgan fingerprint density at radius 2 is 0.811 bits per heavy atom. The number of aliphatic hydroxyl groups is 1. The molecule has 0 fully saturated rings. The van der Waals surface area contributed by atoms with E-state index in [1.165, 1.54) is 218 Å². The molecule has 0 aromatic heterocycles. The van der Waals surface area contributed by atoms with Crippen molar-refractivity contribution in [2.75, 3.05) is 40.9 Å². The number of hydrogen-bond acceptors (Lipinski definition) is 5. The Labute approximate surface area is 460 Å². The minimum atomic E-state index is -4.32. The van der Waals surface area contributed by atoms with Gasteiger partial charge in [-0.3, -0.25) is 13.8 Å². The molecular weight excluding hydrogens is 936 g/mol. The van der Waals surface area contributed by atoms with Crippen molar-refractivity contribution in [1.82, 2.24) is 5.32 Å². The largest absolute Gasteiger partial charge is 0.472 e. The van der Waals surface area contributed by atoms with Gasteiger partial charge in [-0.1, -0.05) is 300 Å². The number of quaternary nitrogens is 1. The summed E-state index contributed by atoms with van der Waals surface area (Å²) in [5, 5.41) is 14.0. The van der Waals surface area contributed by atoms with Gasteiger partial charge < -0.3 is 19.8 Å². The molecule has 0 saturated heterocycles. The maximum absolute atomic E-state index is 13.0. The van der Waals surface area contributed by atoms with Crippen LogP contribution >= 0.6 is 7.82 Å². The lowest BCUT2D eigenvalue weighted by atomic mass is 10.0. The van der Waals surface area contributed by atoms with Crippen molar-refractivity contribution in [3.05, 3.63) is 48.6 Å². The maximum atomic E-state index is 13.0. The molecular formula is C65H126N2O6P+. The molecule has 0 aromatic rings. The first-order valence-corrected chi connectivity index (χ1v) is 33.5. The number of phosphoric acid groups is 1. The van der Waals surface area contributed by atoms with Crippen LogP contribution in [0.3, 0.4) is 0 Å². The minimum absolute atomic E-state index is 0.0767. The van der Waals surface area contributed by atoms with E-state index in [1.807, 2.05) is 21.1 Å². The highest BCUT2D eigenvalue weighted by Gasteiger charge is 2.28. The van der Waals surface area contributed by atoms with Crippen LogP contribution in [0.1, 0.15) is 309 Å². The normalized spacial score (nSPS) is 14.1. The smallest absolute Gasteiger partial charge is 0.391 e. The van der Waals surface area contributed by atoms with Gasteiger partial charge in [0.1, 0.15) is 13.2 Å². The zero-order chi connectivity index (χ0) is 54.2. The van der Waals surface area contributed by atoms with Gasteiger partial charge in [0.2, 0.25) is 5.91 Å². The van der Waals surface area contributed by atoms with E-state index in [2.05, 4.69) is 67.8 Å². The number of rotatable bonds is 59. The Bertz CT molecular complexity index is 1340. The number of unbranched alkanes of at least 4 members (excludes halogenated alkanes) is 38. The summed E-state index contributed by atoms with van der Waals surface area (Å²) in [5.41, 5.74) is 0. The summed E-state index contributed by atoms with van der Waals surface area (Å²) in [6.07, 6.45) is 75.1. The molecule has 0 aromatic carbocycles. The van der Waals surface area contributed by atoms with Crippen LogP contribution in [0, 0.1) is 0 Å². The number of amides is 1. The molecule has 74 heavy (non-hydrogen) atoms. The molecule has 1 amide bonds. The van der Waals surface area contributed by atoms with E-state index >= 15 is 0 Å². The van der Waals surface area contributed by atoms with Crippen molar-refractivity contribution in [3.8, 4) is 0 Å². The number of aliphatic hydroxyl groups excluding tert-OH is 1.